The van der Waals surface area contributed by atoms with Crippen LogP contribution in [0.25, 0.3) is 11.6 Å². The number of nitrogens with zero attached hydrogens (tertiary/aromatic N) is 5. The molecule has 0 aliphatic heterocycles. The van der Waals surface area contributed by atoms with Crippen LogP contribution in [0.5, 0.6) is 0 Å². The predicted molar refractivity (Wildman–Crippen MR) is 74.7 cm³/mol. The number of imidazole rings is 1. The van der Waals surface area contributed by atoms with E-state index in [0.717, 1.165) is 5.57 Å². The van der Waals surface area contributed by atoms with Crippen molar-refractivity contribution in [1.29, 1.82) is 0 Å². The summed E-state index contributed by atoms with van der Waals surface area (Å²) >= 11 is 0. The molecular formula is C13H13N5O2. The van der Waals surface area contributed by atoms with Gasteiger partial charge in [0.15, 0.2) is 5.82 Å². The van der Waals surface area contributed by atoms with Gasteiger partial charge in [-0.1, -0.05) is 12.7 Å². The maximum Gasteiger partial charge on any atom is 0.343 e. The molecule has 0 atom stereocenters. The van der Waals surface area contributed by atoms with Gasteiger partial charge in [-0.3, -0.25) is 0 Å². The lowest BCUT2D eigenvalue weighted by Crippen LogP contribution is -2.03. The molecule has 0 N–H and O–H groups in total. The standard InChI is InChI=1S/C13H13N5O2/c1-3-7-17-11(16-9-12(17)18(19)20)8-10(2)13-14-5-4-6-15-13/h3-6,8-9H,1,7H2,2H3. The molecule has 0 aliphatic rings. The first-order chi connectivity index (χ1) is 9.63. The predicted octanol–water partition coefficient (Wildman–Crippen LogP) is 2.33. The van der Waals surface area contributed by atoms with Crippen LogP contribution in [-0.4, -0.2) is 24.4 Å². The maximum absolute atomic E-state index is 10.9. The quantitative estimate of drug-likeness (QED) is 0.473. The first-order valence-corrected chi connectivity index (χ1v) is 5.90. The SMILES string of the molecule is C=CCn1c([N+](=O)[O-])cnc1C=C(C)c1ncccn1. The monoisotopic (exact) mass is 271 g/mol. The normalized spacial score (nSPS) is 11.3. The van der Waals surface area contributed by atoms with Crippen LogP contribution in [0, 0.1) is 10.1 Å². The van der Waals surface area contributed by atoms with E-state index < -0.39 is 4.92 Å². The summed E-state index contributed by atoms with van der Waals surface area (Å²) in [6.07, 6.45) is 7.80. The van der Waals surface area contributed by atoms with Gasteiger partial charge in [0.2, 0.25) is 5.82 Å². The van der Waals surface area contributed by atoms with Gasteiger partial charge in [-0.15, -0.1) is 0 Å². The number of hydrogen-bond donors (Lipinski definition) is 0. The molecule has 0 spiro atoms. The van der Waals surface area contributed by atoms with Crippen molar-refractivity contribution in [1.82, 2.24) is 19.5 Å². The molecule has 0 amide bonds. The van der Waals surface area contributed by atoms with Crippen molar-refractivity contribution in [2.75, 3.05) is 0 Å². The zero-order chi connectivity index (χ0) is 14.5. The fourth-order valence-corrected chi connectivity index (χ4v) is 1.72. The van der Waals surface area contributed by atoms with E-state index in [0.29, 0.717) is 18.2 Å². The van der Waals surface area contributed by atoms with E-state index in [9.17, 15) is 10.1 Å². The van der Waals surface area contributed by atoms with Crippen LogP contribution in [0.4, 0.5) is 5.82 Å². The molecule has 0 aromatic carbocycles. The second kappa shape index (κ2) is 5.87. The van der Waals surface area contributed by atoms with Crippen LogP contribution < -0.4 is 0 Å². The van der Waals surface area contributed by atoms with Gasteiger partial charge < -0.3 is 10.1 Å². The number of allylic oxidation sites excluding steroid dienone is 2. The number of hydrogen-bond acceptors (Lipinski definition) is 5. The Kier molecular flexibility index (Phi) is 3.99. The second-order valence-corrected chi connectivity index (χ2v) is 4.03. The number of aromatic nitrogens is 4. The molecule has 2 aromatic rings. The third-order valence-corrected chi connectivity index (χ3v) is 2.63. The van der Waals surface area contributed by atoms with Gasteiger partial charge in [-0.2, -0.15) is 0 Å². The van der Waals surface area contributed by atoms with Crippen molar-refractivity contribution in [2.45, 2.75) is 13.5 Å². The Bertz CT molecular complexity index is 661. The highest BCUT2D eigenvalue weighted by atomic mass is 16.6. The summed E-state index contributed by atoms with van der Waals surface area (Å²) < 4.78 is 1.47. The van der Waals surface area contributed by atoms with Crippen molar-refractivity contribution in [3.63, 3.8) is 0 Å². The van der Waals surface area contributed by atoms with Crippen LogP contribution >= 0.6 is 0 Å². The highest BCUT2D eigenvalue weighted by molar-refractivity contribution is 5.75. The molecule has 0 fully saturated rings. The Morgan fingerprint density at radius 2 is 2.15 bits per heavy atom. The van der Waals surface area contributed by atoms with Gasteiger partial charge in [0.05, 0.1) is 0 Å². The molecule has 0 radical (unpaired) electrons. The van der Waals surface area contributed by atoms with E-state index in [-0.39, 0.29) is 5.82 Å². The summed E-state index contributed by atoms with van der Waals surface area (Å²) in [4.78, 5) is 22.8. The molecule has 2 rings (SSSR count). The van der Waals surface area contributed by atoms with Crippen molar-refractivity contribution in [3.05, 3.63) is 59.1 Å². The van der Waals surface area contributed by atoms with E-state index in [4.69, 9.17) is 0 Å². The first kappa shape index (κ1) is 13.6. The molecule has 0 saturated heterocycles. The van der Waals surface area contributed by atoms with Crippen LogP contribution in [0.15, 0.2) is 37.3 Å². The van der Waals surface area contributed by atoms with Gasteiger partial charge in [0, 0.05) is 18.5 Å². The minimum absolute atomic E-state index is 0.0714. The van der Waals surface area contributed by atoms with Crippen LogP contribution in [0.3, 0.4) is 0 Å². The van der Waals surface area contributed by atoms with E-state index >= 15 is 0 Å². The van der Waals surface area contributed by atoms with Crippen molar-refractivity contribution < 1.29 is 4.92 Å². The summed E-state index contributed by atoms with van der Waals surface area (Å²) in [5, 5.41) is 10.9. The Labute approximate surface area is 115 Å². The molecule has 2 aromatic heterocycles. The third kappa shape index (κ3) is 2.77. The Morgan fingerprint density at radius 1 is 1.45 bits per heavy atom. The summed E-state index contributed by atoms with van der Waals surface area (Å²) in [5.74, 6) is 0.961. The molecule has 0 saturated carbocycles. The van der Waals surface area contributed by atoms with Crippen LogP contribution in [0.2, 0.25) is 0 Å². The summed E-state index contributed by atoms with van der Waals surface area (Å²) in [6, 6.07) is 1.72. The molecule has 7 heteroatoms. The van der Waals surface area contributed by atoms with Gasteiger partial charge in [-0.25, -0.2) is 19.5 Å². The largest absolute Gasteiger partial charge is 0.358 e. The minimum Gasteiger partial charge on any atom is -0.358 e. The Hall–Kier alpha value is -2.83. The summed E-state index contributed by atoms with van der Waals surface area (Å²) in [6.45, 7) is 5.74. The smallest absolute Gasteiger partial charge is 0.343 e. The van der Waals surface area contributed by atoms with E-state index in [1.165, 1.54) is 10.8 Å². The lowest BCUT2D eigenvalue weighted by Gasteiger charge is -2.01. The molecule has 0 aliphatic carbocycles. The highest BCUT2D eigenvalue weighted by Gasteiger charge is 2.17. The second-order valence-electron chi connectivity index (χ2n) is 4.03. The summed E-state index contributed by atoms with van der Waals surface area (Å²) in [5.41, 5.74) is 0.774. The van der Waals surface area contributed by atoms with Crippen LogP contribution in [0.1, 0.15) is 18.6 Å². The van der Waals surface area contributed by atoms with Gasteiger partial charge >= 0.3 is 5.82 Å². The van der Waals surface area contributed by atoms with Crippen molar-refractivity contribution in [3.8, 4) is 0 Å². The highest BCUT2D eigenvalue weighted by Crippen LogP contribution is 2.18. The zero-order valence-electron chi connectivity index (χ0n) is 10.9. The molecule has 2 heterocycles. The average molecular weight is 271 g/mol. The van der Waals surface area contributed by atoms with Gasteiger partial charge in [0.1, 0.15) is 12.7 Å². The molecule has 102 valence electrons. The molecule has 7 nitrogen and oxygen atoms in total. The fraction of sp³-hybridized carbons (Fsp3) is 0.154. The van der Waals surface area contributed by atoms with E-state index in [2.05, 4.69) is 21.5 Å². The van der Waals surface area contributed by atoms with Crippen molar-refractivity contribution >= 4 is 17.5 Å². The lowest BCUT2D eigenvalue weighted by atomic mass is 10.2. The Balaban J connectivity index is 2.43. The molecular weight excluding hydrogens is 258 g/mol. The molecule has 0 unspecified atom stereocenters. The first-order valence-electron chi connectivity index (χ1n) is 5.90. The lowest BCUT2D eigenvalue weighted by molar-refractivity contribution is -0.392. The molecule has 20 heavy (non-hydrogen) atoms. The Morgan fingerprint density at radius 3 is 2.75 bits per heavy atom. The van der Waals surface area contributed by atoms with E-state index in [1.54, 1.807) is 30.6 Å². The number of rotatable bonds is 5. The van der Waals surface area contributed by atoms with Gasteiger partial charge in [-0.05, 0) is 23.5 Å². The summed E-state index contributed by atoms with van der Waals surface area (Å²) in [7, 11) is 0. The topological polar surface area (TPSA) is 86.7 Å². The zero-order valence-corrected chi connectivity index (χ0v) is 10.9. The molecule has 0 bridgehead atoms. The third-order valence-electron chi connectivity index (χ3n) is 2.63. The van der Waals surface area contributed by atoms with Gasteiger partial charge in [0.25, 0.3) is 0 Å². The maximum atomic E-state index is 10.9. The van der Waals surface area contributed by atoms with Crippen LogP contribution in [-0.2, 0) is 6.54 Å². The minimum atomic E-state index is -0.470. The number of nitro groups is 1. The average Bonchev–Trinajstić information content (AvgIpc) is 2.83. The van der Waals surface area contributed by atoms with Crippen molar-refractivity contribution in [2.24, 2.45) is 0 Å². The van der Waals surface area contributed by atoms with E-state index in [1.807, 2.05) is 6.92 Å². The fourth-order valence-electron chi connectivity index (χ4n) is 1.72.